The van der Waals surface area contributed by atoms with Crippen LogP contribution in [0.2, 0.25) is 0 Å². The Morgan fingerprint density at radius 3 is 3.06 bits per heavy atom. The van der Waals surface area contributed by atoms with E-state index in [2.05, 4.69) is 25.5 Å². The number of nitrogens with one attached hydrogen (secondary N) is 1. The van der Waals surface area contributed by atoms with E-state index >= 15 is 0 Å². The number of hydrogen-bond acceptors (Lipinski definition) is 8. The van der Waals surface area contributed by atoms with Crippen molar-refractivity contribution in [1.29, 1.82) is 0 Å². The van der Waals surface area contributed by atoms with E-state index in [9.17, 15) is 0 Å². The number of aromatic nitrogens is 4. The summed E-state index contributed by atoms with van der Waals surface area (Å²) >= 11 is 4.77. The van der Waals surface area contributed by atoms with E-state index in [0.29, 0.717) is 5.75 Å². The minimum absolute atomic E-state index is 0.706. The van der Waals surface area contributed by atoms with Crippen LogP contribution in [0.5, 0.6) is 0 Å². The first-order valence-corrected chi connectivity index (χ1v) is 7.92. The van der Waals surface area contributed by atoms with Crippen LogP contribution < -0.4 is 5.32 Å². The van der Waals surface area contributed by atoms with Crippen molar-refractivity contribution in [2.24, 2.45) is 0 Å². The van der Waals surface area contributed by atoms with Crippen LogP contribution in [0.3, 0.4) is 0 Å². The minimum atomic E-state index is 0.706. The fourth-order valence-corrected chi connectivity index (χ4v) is 3.63. The van der Waals surface area contributed by atoms with Crippen molar-refractivity contribution >= 4 is 50.5 Å². The number of hydrogen-bond donors (Lipinski definition) is 1. The molecule has 0 radical (unpaired) electrons. The molecule has 1 N–H and O–H groups in total. The van der Waals surface area contributed by atoms with E-state index in [-0.39, 0.29) is 0 Å². The first kappa shape index (κ1) is 11.8. The second kappa shape index (κ2) is 5.17. The van der Waals surface area contributed by atoms with Gasteiger partial charge in [0.05, 0.1) is 11.1 Å². The van der Waals surface area contributed by atoms with Gasteiger partial charge in [0.2, 0.25) is 0 Å². The molecule has 0 saturated heterocycles. The molecular formula is C10H9N5S3. The fourth-order valence-electron chi connectivity index (χ4n) is 1.51. The highest BCUT2D eigenvalue weighted by Gasteiger charge is 2.08. The Morgan fingerprint density at radius 1 is 1.33 bits per heavy atom. The molecule has 3 rings (SSSR count). The Hall–Kier alpha value is -1.25. The van der Waals surface area contributed by atoms with Gasteiger partial charge >= 0.3 is 0 Å². The van der Waals surface area contributed by atoms with Gasteiger partial charge in [-0.2, -0.15) is 0 Å². The highest BCUT2D eigenvalue weighted by molar-refractivity contribution is 8.00. The van der Waals surface area contributed by atoms with E-state index in [1.54, 1.807) is 28.6 Å². The monoisotopic (exact) mass is 295 g/mol. The lowest BCUT2D eigenvalue weighted by molar-refractivity contribution is 1.01. The van der Waals surface area contributed by atoms with Gasteiger partial charge in [0.25, 0.3) is 0 Å². The van der Waals surface area contributed by atoms with Gasteiger partial charge < -0.3 is 5.32 Å². The minimum Gasteiger partial charge on any atom is -0.372 e. The molecule has 0 saturated carbocycles. The van der Waals surface area contributed by atoms with E-state index < -0.39 is 0 Å². The third kappa shape index (κ3) is 2.31. The highest BCUT2D eigenvalue weighted by Crippen LogP contribution is 2.27. The Balaban J connectivity index is 1.87. The first-order chi connectivity index (χ1) is 8.86. The maximum absolute atomic E-state index is 4.55. The zero-order valence-electron chi connectivity index (χ0n) is 9.45. The second-order valence-corrected chi connectivity index (χ2v) is 6.32. The van der Waals surface area contributed by atoms with Gasteiger partial charge in [-0.05, 0) is 11.4 Å². The molecule has 3 heterocycles. The molecule has 0 spiro atoms. The summed E-state index contributed by atoms with van der Waals surface area (Å²) < 4.78 is 0.941. The van der Waals surface area contributed by atoms with Crippen LogP contribution in [0.1, 0.15) is 5.82 Å². The van der Waals surface area contributed by atoms with Gasteiger partial charge in [-0.3, -0.25) is 0 Å². The maximum atomic E-state index is 4.55. The van der Waals surface area contributed by atoms with Crippen molar-refractivity contribution in [2.45, 2.75) is 10.1 Å². The third-order valence-corrected chi connectivity index (χ3v) is 4.94. The number of thiophene rings is 1. The molecule has 0 aliphatic heterocycles. The molecule has 0 aromatic carbocycles. The van der Waals surface area contributed by atoms with Crippen molar-refractivity contribution in [2.75, 3.05) is 12.4 Å². The molecular weight excluding hydrogens is 286 g/mol. The molecule has 0 unspecified atom stereocenters. The topological polar surface area (TPSA) is 63.6 Å². The van der Waals surface area contributed by atoms with Gasteiger partial charge in [0.15, 0.2) is 4.34 Å². The molecule has 3 aromatic heterocycles. The summed E-state index contributed by atoms with van der Waals surface area (Å²) in [6.07, 6.45) is 0. The molecule has 8 heteroatoms. The zero-order chi connectivity index (χ0) is 12.4. The molecule has 18 heavy (non-hydrogen) atoms. The van der Waals surface area contributed by atoms with Crippen LogP contribution in [0.15, 0.2) is 21.3 Å². The van der Waals surface area contributed by atoms with Crippen molar-refractivity contribution in [1.82, 2.24) is 20.2 Å². The smallest absolute Gasteiger partial charge is 0.174 e. The number of thioether (sulfide) groups is 1. The lowest BCUT2D eigenvalue weighted by atomic mass is 10.4. The van der Waals surface area contributed by atoms with E-state index in [0.717, 1.165) is 26.2 Å². The fraction of sp³-hybridized carbons (Fsp3) is 0.200. The summed E-state index contributed by atoms with van der Waals surface area (Å²) in [6, 6.07) is 2.04. The normalized spacial score (nSPS) is 10.9. The molecule has 0 fully saturated rings. The zero-order valence-corrected chi connectivity index (χ0v) is 11.9. The second-order valence-electron chi connectivity index (χ2n) is 3.37. The molecule has 0 bridgehead atoms. The standard InChI is InChI=1S/C10H9N5S3/c1-11-8-6-2-3-16-9(6)14-7(13-8)4-17-10-15-12-5-18-10/h2-3,5H,4H2,1H3,(H,11,13,14). The number of fused-ring (bicyclic) bond motifs is 1. The van der Waals surface area contributed by atoms with E-state index in [4.69, 9.17) is 0 Å². The highest BCUT2D eigenvalue weighted by atomic mass is 32.2. The van der Waals surface area contributed by atoms with Gasteiger partial charge in [-0.15, -0.1) is 21.5 Å². The summed E-state index contributed by atoms with van der Waals surface area (Å²) in [5.74, 6) is 2.40. The number of anilines is 1. The van der Waals surface area contributed by atoms with Gasteiger partial charge in [-0.1, -0.05) is 23.1 Å². The average Bonchev–Trinajstić information content (AvgIpc) is 3.06. The quantitative estimate of drug-likeness (QED) is 0.747. The van der Waals surface area contributed by atoms with Crippen molar-refractivity contribution in [3.63, 3.8) is 0 Å². The van der Waals surface area contributed by atoms with Crippen molar-refractivity contribution in [3.05, 3.63) is 22.8 Å². The Labute approximate surface area is 116 Å². The predicted octanol–water partition coefficient (Wildman–Crippen LogP) is 2.88. The summed E-state index contributed by atoms with van der Waals surface area (Å²) in [4.78, 5) is 10.1. The summed E-state index contributed by atoms with van der Waals surface area (Å²) in [5, 5.41) is 14.0. The number of nitrogens with zero attached hydrogens (tertiary/aromatic N) is 4. The Kier molecular flexibility index (Phi) is 3.39. The summed E-state index contributed by atoms with van der Waals surface area (Å²) in [5.41, 5.74) is 1.73. The summed E-state index contributed by atoms with van der Waals surface area (Å²) in [7, 11) is 1.88. The van der Waals surface area contributed by atoms with Crippen LogP contribution in [0.25, 0.3) is 10.2 Å². The van der Waals surface area contributed by atoms with Crippen LogP contribution in [-0.2, 0) is 5.75 Å². The molecule has 0 amide bonds. The Bertz CT molecular complexity index is 649. The first-order valence-electron chi connectivity index (χ1n) is 5.17. The van der Waals surface area contributed by atoms with Crippen LogP contribution in [0.4, 0.5) is 5.82 Å². The van der Waals surface area contributed by atoms with Gasteiger partial charge in [0, 0.05) is 7.05 Å². The lowest BCUT2D eigenvalue weighted by Gasteiger charge is -2.04. The lowest BCUT2D eigenvalue weighted by Crippen LogP contribution is -1.99. The van der Waals surface area contributed by atoms with Crippen molar-refractivity contribution in [3.8, 4) is 0 Å². The van der Waals surface area contributed by atoms with E-state index in [1.165, 1.54) is 11.3 Å². The van der Waals surface area contributed by atoms with Crippen LogP contribution in [0, 0.1) is 0 Å². The Morgan fingerprint density at radius 2 is 2.28 bits per heavy atom. The van der Waals surface area contributed by atoms with Crippen LogP contribution >= 0.6 is 34.4 Å². The van der Waals surface area contributed by atoms with E-state index in [1.807, 2.05) is 18.5 Å². The largest absolute Gasteiger partial charge is 0.372 e. The third-order valence-electron chi connectivity index (χ3n) is 2.27. The van der Waals surface area contributed by atoms with Gasteiger partial charge in [-0.25, -0.2) is 9.97 Å². The van der Waals surface area contributed by atoms with Crippen molar-refractivity contribution < 1.29 is 0 Å². The molecule has 0 aliphatic carbocycles. The molecule has 3 aromatic rings. The predicted molar refractivity (Wildman–Crippen MR) is 76.4 cm³/mol. The number of rotatable bonds is 4. The summed E-state index contributed by atoms with van der Waals surface area (Å²) in [6.45, 7) is 0. The molecule has 0 aliphatic rings. The molecule has 92 valence electrons. The molecule has 0 atom stereocenters. The molecule has 5 nitrogen and oxygen atoms in total. The van der Waals surface area contributed by atoms with Gasteiger partial charge in [0.1, 0.15) is 22.0 Å². The SMILES string of the molecule is CNc1nc(CSc2nncs2)nc2sccc12. The average molecular weight is 295 g/mol. The maximum Gasteiger partial charge on any atom is 0.174 e. The van der Waals surface area contributed by atoms with Crippen LogP contribution in [-0.4, -0.2) is 27.2 Å².